The highest BCUT2D eigenvalue weighted by Crippen LogP contribution is 2.22. The van der Waals surface area contributed by atoms with Crippen LogP contribution in [0, 0.1) is 5.92 Å². The molecule has 0 spiro atoms. The van der Waals surface area contributed by atoms with Crippen molar-refractivity contribution in [3.8, 4) is 0 Å². The van der Waals surface area contributed by atoms with E-state index in [0.29, 0.717) is 0 Å². The molecule has 106 valence electrons. The van der Waals surface area contributed by atoms with Gasteiger partial charge in [-0.3, -0.25) is 0 Å². The highest BCUT2D eigenvalue weighted by Gasteiger charge is 2.18. The van der Waals surface area contributed by atoms with Crippen molar-refractivity contribution < 1.29 is 0 Å². The van der Waals surface area contributed by atoms with Crippen LogP contribution in [-0.2, 0) is 6.42 Å². The smallest absolute Gasteiger partial charge is 0.00926 e. The summed E-state index contributed by atoms with van der Waals surface area (Å²) in [5.74, 6) is 0.872. The fourth-order valence-electron chi connectivity index (χ4n) is 3.18. The third-order valence-corrected chi connectivity index (χ3v) is 4.50. The molecule has 0 heterocycles. The Balaban J connectivity index is 1.58. The summed E-state index contributed by atoms with van der Waals surface area (Å²) in [6.07, 6.45) is 10.9. The van der Waals surface area contributed by atoms with Gasteiger partial charge in [0.15, 0.2) is 0 Å². The van der Waals surface area contributed by atoms with Gasteiger partial charge in [-0.25, -0.2) is 0 Å². The van der Waals surface area contributed by atoms with Crippen LogP contribution in [0.5, 0.6) is 0 Å². The van der Waals surface area contributed by atoms with Crippen molar-refractivity contribution >= 4 is 0 Å². The first kappa shape index (κ1) is 14.6. The lowest BCUT2D eigenvalue weighted by molar-refractivity contribution is 0.355. The van der Waals surface area contributed by atoms with Crippen LogP contribution in [0.25, 0.3) is 0 Å². The predicted octanol–water partition coefficient (Wildman–Crippen LogP) is 4.57. The van der Waals surface area contributed by atoms with Crippen molar-refractivity contribution in [3.05, 3.63) is 35.9 Å². The first-order valence-electron chi connectivity index (χ1n) is 8.13. The molecule has 2 unspecified atom stereocenters. The minimum atomic E-state index is 0.777. The highest BCUT2D eigenvalue weighted by atomic mass is 14.9. The molecule has 0 aliphatic heterocycles. The topological polar surface area (TPSA) is 12.0 Å². The number of aryl methyl sites for hydroxylation is 1. The van der Waals surface area contributed by atoms with E-state index in [4.69, 9.17) is 0 Å². The second kappa shape index (κ2) is 8.37. The molecule has 0 aromatic heterocycles. The van der Waals surface area contributed by atoms with E-state index in [1.165, 1.54) is 63.5 Å². The van der Waals surface area contributed by atoms with Gasteiger partial charge in [-0.1, -0.05) is 56.5 Å². The molecule has 1 saturated carbocycles. The molecule has 0 saturated heterocycles. The van der Waals surface area contributed by atoms with Crippen LogP contribution in [-0.4, -0.2) is 12.6 Å². The maximum absolute atomic E-state index is 3.80. The predicted molar refractivity (Wildman–Crippen MR) is 83.4 cm³/mol. The van der Waals surface area contributed by atoms with Crippen molar-refractivity contribution in [1.29, 1.82) is 0 Å². The van der Waals surface area contributed by atoms with E-state index in [1.807, 2.05) is 0 Å². The van der Waals surface area contributed by atoms with Crippen molar-refractivity contribution in [2.45, 2.75) is 64.3 Å². The molecule has 1 nitrogen and oxygen atoms in total. The summed E-state index contributed by atoms with van der Waals surface area (Å²) >= 11 is 0. The number of nitrogens with one attached hydrogen (secondary N) is 1. The fourth-order valence-corrected chi connectivity index (χ4v) is 3.18. The van der Waals surface area contributed by atoms with E-state index in [-0.39, 0.29) is 0 Å². The minimum absolute atomic E-state index is 0.777. The van der Waals surface area contributed by atoms with Gasteiger partial charge in [0.05, 0.1) is 0 Å². The summed E-state index contributed by atoms with van der Waals surface area (Å²) in [7, 11) is 0. The van der Waals surface area contributed by atoms with Crippen molar-refractivity contribution in [2.75, 3.05) is 6.54 Å². The largest absolute Gasteiger partial charge is 0.314 e. The SMILES string of the molecule is CC1CCCCCC1NCCCCc1ccccc1. The Morgan fingerprint density at radius 1 is 1.00 bits per heavy atom. The van der Waals surface area contributed by atoms with Crippen molar-refractivity contribution in [1.82, 2.24) is 5.32 Å². The number of hydrogen-bond donors (Lipinski definition) is 1. The van der Waals surface area contributed by atoms with Gasteiger partial charge in [0.1, 0.15) is 0 Å². The first-order chi connectivity index (χ1) is 9.36. The minimum Gasteiger partial charge on any atom is -0.314 e. The molecule has 1 aromatic rings. The zero-order chi connectivity index (χ0) is 13.3. The molecule has 2 atom stereocenters. The lowest BCUT2D eigenvalue weighted by Gasteiger charge is -2.22. The number of unbranched alkanes of at least 4 members (excludes halogenated alkanes) is 1. The number of hydrogen-bond acceptors (Lipinski definition) is 1. The molecule has 0 radical (unpaired) electrons. The van der Waals surface area contributed by atoms with Gasteiger partial charge in [0, 0.05) is 6.04 Å². The van der Waals surface area contributed by atoms with Gasteiger partial charge >= 0.3 is 0 Å². The normalized spacial score (nSPS) is 24.1. The quantitative estimate of drug-likeness (QED) is 0.583. The molecule has 19 heavy (non-hydrogen) atoms. The molecular formula is C18H29N. The summed E-state index contributed by atoms with van der Waals surface area (Å²) in [4.78, 5) is 0. The maximum atomic E-state index is 3.80. The Morgan fingerprint density at radius 3 is 2.63 bits per heavy atom. The number of rotatable bonds is 6. The van der Waals surface area contributed by atoms with Crippen LogP contribution in [0.2, 0.25) is 0 Å². The zero-order valence-corrected chi connectivity index (χ0v) is 12.4. The average molecular weight is 259 g/mol. The highest BCUT2D eigenvalue weighted by molar-refractivity contribution is 5.14. The van der Waals surface area contributed by atoms with E-state index in [9.17, 15) is 0 Å². The molecule has 1 heteroatoms. The zero-order valence-electron chi connectivity index (χ0n) is 12.4. The van der Waals surface area contributed by atoms with Gasteiger partial charge in [-0.2, -0.15) is 0 Å². The van der Waals surface area contributed by atoms with E-state index >= 15 is 0 Å². The van der Waals surface area contributed by atoms with E-state index in [1.54, 1.807) is 0 Å². The van der Waals surface area contributed by atoms with Gasteiger partial charge in [0.25, 0.3) is 0 Å². The Labute approximate surface area is 118 Å². The van der Waals surface area contributed by atoms with Gasteiger partial charge in [0.2, 0.25) is 0 Å². The third kappa shape index (κ3) is 5.36. The second-order valence-corrected chi connectivity index (χ2v) is 6.12. The molecular weight excluding hydrogens is 230 g/mol. The standard InChI is InChI=1S/C18H29N/c1-16-10-4-2-7-14-18(16)19-15-9-8-13-17-11-5-3-6-12-17/h3,5-6,11-12,16,18-19H,2,4,7-10,13-15H2,1H3. The molecule has 0 bridgehead atoms. The molecule has 2 rings (SSSR count). The van der Waals surface area contributed by atoms with Crippen LogP contribution in [0.1, 0.15) is 57.4 Å². The monoisotopic (exact) mass is 259 g/mol. The summed E-state index contributed by atoms with van der Waals surface area (Å²) in [6.45, 7) is 3.62. The van der Waals surface area contributed by atoms with E-state index in [2.05, 4.69) is 42.6 Å². The van der Waals surface area contributed by atoms with Crippen LogP contribution >= 0.6 is 0 Å². The van der Waals surface area contributed by atoms with Crippen LogP contribution < -0.4 is 5.32 Å². The van der Waals surface area contributed by atoms with Gasteiger partial charge < -0.3 is 5.32 Å². The Bertz CT molecular complexity index is 333. The molecule has 1 aromatic carbocycles. The lowest BCUT2D eigenvalue weighted by Crippen LogP contribution is -2.34. The lowest BCUT2D eigenvalue weighted by atomic mass is 9.97. The third-order valence-electron chi connectivity index (χ3n) is 4.50. The average Bonchev–Trinajstić information content (AvgIpc) is 2.65. The maximum Gasteiger partial charge on any atom is 0.00926 e. The Kier molecular flexibility index (Phi) is 6.43. The van der Waals surface area contributed by atoms with E-state index in [0.717, 1.165) is 12.0 Å². The van der Waals surface area contributed by atoms with E-state index < -0.39 is 0 Å². The van der Waals surface area contributed by atoms with Gasteiger partial charge in [-0.05, 0) is 50.1 Å². The van der Waals surface area contributed by atoms with Crippen LogP contribution in [0.4, 0.5) is 0 Å². The second-order valence-electron chi connectivity index (χ2n) is 6.12. The van der Waals surface area contributed by atoms with Gasteiger partial charge in [-0.15, -0.1) is 0 Å². The molecule has 1 fully saturated rings. The molecule has 1 aliphatic rings. The summed E-state index contributed by atoms with van der Waals surface area (Å²) in [6, 6.07) is 11.6. The van der Waals surface area contributed by atoms with Crippen LogP contribution in [0.15, 0.2) is 30.3 Å². The number of benzene rings is 1. The van der Waals surface area contributed by atoms with Crippen molar-refractivity contribution in [2.24, 2.45) is 5.92 Å². The molecule has 0 amide bonds. The van der Waals surface area contributed by atoms with Crippen LogP contribution in [0.3, 0.4) is 0 Å². The Morgan fingerprint density at radius 2 is 1.79 bits per heavy atom. The first-order valence-corrected chi connectivity index (χ1v) is 8.13. The summed E-state index contributed by atoms with van der Waals surface area (Å²) < 4.78 is 0. The van der Waals surface area contributed by atoms with Crippen molar-refractivity contribution in [3.63, 3.8) is 0 Å². The fraction of sp³-hybridized carbons (Fsp3) is 0.667. The molecule has 1 N–H and O–H groups in total. The summed E-state index contributed by atoms with van der Waals surface area (Å²) in [5.41, 5.74) is 1.48. The summed E-state index contributed by atoms with van der Waals surface area (Å²) in [5, 5.41) is 3.80. The Hall–Kier alpha value is -0.820. The molecule has 1 aliphatic carbocycles.